The molecule has 0 N–H and O–H groups in total. The van der Waals surface area contributed by atoms with Crippen LogP contribution in [0.25, 0.3) is 0 Å². The van der Waals surface area contributed by atoms with E-state index in [4.69, 9.17) is 4.42 Å². The topological polar surface area (TPSA) is 36.7 Å². The summed E-state index contributed by atoms with van der Waals surface area (Å²) < 4.78 is 43.7. The van der Waals surface area contributed by atoms with E-state index in [0.717, 1.165) is 16.2 Å². The van der Waals surface area contributed by atoms with E-state index in [0.29, 0.717) is 12.3 Å². The average Bonchev–Trinajstić information content (AvgIpc) is 3.15. The molecule has 4 nitrogen and oxygen atoms in total. The summed E-state index contributed by atoms with van der Waals surface area (Å²) in [6.45, 7) is 1.08. The summed E-state index contributed by atoms with van der Waals surface area (Å²) in [7, 11) is 0. The summed E-state index contributed by atoms with van der Waals surface area (Å²) in [5.41, 5.74) is 2.03. The zero-order valence-corrected chi connectivity index (χ0v) is 13.8. The minimum absolute atomic E-state index is 0.0852. The summed E-state index contributed by atoms with van der Waals surface area (Å²) >= 11 is 0. The molecule has 1 aliphatic heterocycles. The summed E-state index contributed by atoms with van der Waals surface area (Å²) in [5, 5.41) is 0. The molecule has 0 saturated heterocycles. The van der Waals surface area contributed by atoms with Gasteiger partial charge < -0.3 is 14.2 Å². The third kappa shape index (κ3) is 4.15. The Morgan fingerprint density at radius 3 is 2.72 bits per heavy atom. The van der Waals surface area contributed by atoms with Gasteiger partial charge in [-0.1, -0.05) is 25.1 Å². The number of anilines is 1. The first-order valence-electron chi connectivity index (χ1n) is 8.04. The SMILES string of the molecule is CC1CN(CC(=O)N(Cc2ccco2)CC(F)(F)F)c2ccccc21. The molecule has 0 bridgehead atoms. The second-order valence-corrected chi connectivity index (χ2v) is 6.28. The van der Waals surface area contributed by atoms with Gasteiger partial charge in [-0.25, -0.2) is 0 Å². The van der Waals surface area contributed by atoms with Crippen molar-refractivity contribution in [2.75, 3.05) is 24.5 Å². The highest BCUT2D eigenvalue weighted by atomic mass is 19.4. The van der Waals surface area contributed by atoms with Gasteiger partial charge in [-0.3, -0.25) is 4.79 Å². The smallest absolute Gasteiger partial charge is 0.406 e. The standard InChI is InChI=1S/C18H19F3N2O2/c1-13-9-22(16-7-3-2-6-15(13)16)11-17(24)23(12-18(19,20)21)10-14-5-4-8-25-14/h2-8,13H,9-12H2,1H3. The largest absolute Gasteiger partial charge is 0.467 e. The molecule has 1 atom stereocenters. The molecule has 0 aliphatic carbocycles. The molecular formula is C18H19F3N2O2. The number of furan rings is 1. The maximum atomic E-state index is 12.9. The van der Waals surface area contributed by atoms with Crippen molar-refractivity contribution < 1.29 is 22.4 Å². The van der Waals surface area contributed by atoms with Crippen molar-refractivity contribution in [2.45, 2.75) is 25.6 Å². The number of para-hydroxylation sites is 1. The van der Waals surface area contributed by atoms with Crippen molar-refractivity contribution in [1.82, 2.24) is 4.90 Å². The fraction of sp³-hybridized carbons (Fsp3) is 0.389. The monoisotopic (exact) mass is 352 g/mol. The van der Waals surface area contributed by atoms with E-state index in [-0.39, 0.29) is 19.0 Å². The second-order valence-electron chi connectivity index (χ2n) is 6.28. The maximum absolute atomic E-state index is 12.9. The molecule has 1 aromatic heterocycles. The van der Waals surface area contributed by atoms with E-state index in [1.165, 1.54) is 6.26 Å². The first kappa shape index (κ1) is 17.4. The molecule has 1 amide bonds. The molecule has 25 heavy (non-hydrogen) atoms. The van der Waals surface area contributed by atoms with Crippen LogP contribution in [0.1, 0.15) is 24.2 Å². The molecule has 1 aliphatic rings. The Balaban J connectivity index is 1.74. The molecule has 0 radical (unpaired) electrons. The number of rotatable bonds is 5. The number of halogens is 3. The van der Waals surface area contributed by atoms with Gasteiger partial charge in [0.1, 0.15) is 12.3 Å². The second kappa shape index (κ2) is 6.82. The first-order valence-corrected chi connectivity index (χ1v) is 8.04. The van der Waals surface area contributed by atoms with Crippen LogP contribution >= 0.6 is 0 Å². The molecular weight excluding hydrogens is 333 g/mol. The normalized spacial score (nSPS) is 16.8. The van der Waals surface area contributed by atoms with E-state index in [9.17, 15) is 18.0 Å². The molecule has 134 valence electrons. The third-order valence-corrected chi connectivity index (χ3v) is 4.28. The molecule has 0 spiro atoms. The van der Waals surface area contributed by atoms with Crippen LogP contribution in [0.2, 0.25) is 0 Å². The fourth-order valence-corrected chi connectivity index (χ4v) is 3.17. The number of fused-ring (bicyclic) bond motifs is 1. The summed E-state index contributed by atoms with van der Waals surface area (Å²) in [4.78, 5) is 15.2. The van der Waals surface area contributed by atoms with Gasteiger partial charge in [0.05, 0.1) is 19.4 Å². The summed E-state index contributed by atoms with van der Waals surface area (Å²) in [6.07, 6.45) is -3.08. The van der Waals surface area contributed by atoms with E-state index >= 15 is 0 Å². The van der Waals surface area contributed by atoms with Gasteiger partial charge in [0.25, 0.3) is 0 Å². The lowest BCUT2D eigenvalue weighted by Crippen LogP contribution is -2.44. The predicted octanol–water partition coefficient (Wildman–Crippen LogP) is 3.79. The molecule has 0 saturated carbocycles. The Kier molecular flexibility index (Phi) is 4.74. The van der Waals surface area contributed by atoms with Gasteiger partial charge in [0.15, 0.2) is 0 Å². The van der Waals surface area contributed by atoms with Gasteiger partial charge in [-0.2, -0.15) is 13.2 Å². The predicted molar refractivity (Wildman–Crippen MR) is 87.3 cm³/mol. The van der Waals surface area contributed by atoms with Crippen molar-refractivity contribution in [1.29, 1.82) is 0 Å². The highest BCUT2D eigenvalue weighted by Gasteiger charge is 2.35. The lowest BCUT2D eigenvalue weighted by Gasteiger charge is -2.27. The minimum atomic E-state index is -4.46. The molecule has 0 fully saturated rings. The highest BCUT2D eigenvalue weighted by molar-refractivity contribution is 5.82. The zero-order chi connectivity index (χ0) is 18.0. The number of nitrogens with zero attached hydrogens (tertiary/aromatic N) is 2. The Morgan fingerprint density at radius 2 is 2.04 bits per heavy atom. The summed E-state index contributed by atoms with van der Waals surface area (Å²) in [5.74, 6) is -0.00411. The van der Waals surface area contributed by atoms with E-state index in [1.807, 2.05) is 36.1 Å². The number of amides is 1. The van der Waals surface area contributed by atoms with Crippen LogP contribution in [0.15, 0.2) is 47.1 Å². The first-order chi connectivity index (χ1) is 11.8. The molecule has 2 heterocycles. The van der Waals surface area contributed by atoms with E-state index in [2.05, 4.69) is 0 Å². The fourth-order valence-electron chi connectivity index (χ4n) is 3.17. The Labute approximate surface area is 143 Å². The lowest BCUT2D eigenvalue weighted by atomic mass is 10.0. The van der Waals surface area contributed by atoms with Crippen LogP contribution in [-0.2, 0) is 11.3 Å². The van der Waals surface area contributed by atoms with Gasteiger partial charge in [0, 0.05) is 18.2 Å². The Hall–Kier alpha value is -2.44. The van der Waals surface area contributed by atoms with Crippen LogP contribution in [0.4, 0.5) is 18.9 Å². The highest BCUT2D eigenvalue weighted by Crippen LogP contribution is 2.35. The minimum Gasteiger partial charge on any atom is -0.467 e. The molecule has 1 aromatic carbocycles. The maximum Gasteiger partial charge on any atom is 0.406 e. The van der Waals surface area contributed by atoms with Crippen molar-refractivity contribution >= 4 is 11.6 Å². The number of hydrogen-bond acceptors (Lipinski definition) is 3. The van der Waals surface area contributed by atoms with Gasteiger partial charge in [-0.15, -0.1) is 0 Å². The van der Waals surface area contributed by atoms with Crippen molar-refractivity contribution in [3.63, 3.8) is 0 Å². The van der Waals surface area contributed by atoms with Crippen LogP contribution in [-0.4, -0.2) is 36.6 Å². The molecule has 7 heteroatoms. The van der Waals surface area contributed by atoms with Crippen molar-refractivity contribution in [3.8, 4) is 0 Å². The van der Waals surface area contributed by atoms with Crippen LogP contribution in [0, 0.1) is 0 Å². The Bertz CT molecular complexity index is 728. The average molecular weight is 352 g/mol. The Morgan fingerprint density at radius 1 is 1.28 bits per heavy atom. The van der Waals surface area contributed by atoms with Gasteiger partial charge >= 0.3 is 6.18 Å². The third-order valence-electron chi connectivity index (χ3n) is 4.28. The molecule has 2 aromatic rings. The van der Waals surface area contributed by atoms with Crippen LogP contribution in [0.3, 0.4) is 0 Å². The summed E-state index contributed by atoms with van der Waals surface area (Å²) in [6, 6.07) is 10.8. The number of carbonyl (C=O) groups is 1. The molecule has 3 rings (SSSR count). The van der Waals surface area contributed by atoms with Gasteiger partial charge in [0.2, 0.25) is 5.91 Å². The van der Waals surface area contributed by atoms with Crippen molar-refractivity contribution in [2.24, 2.45) is 0 Å². The van der Waals surface area contributed by atoms with Crippen molar-refractivity contribution in [3.05, 3.63) is 54.0 Å². The number of carbonyl (C=O) groups excluding carboxylic acids is 1. The van der Waals surface area contributed by atoms with Gasteiger partial charge in [-0.05, 0) is 23.8 Å². The number of hydrogen-bond donors (Lipinski definition) is 0. The molecule has 1 unspecified atom stereocenters. The van der Waals surface area contributed by atoms with E-state index in [1.54, 1.807) is 12.1 Å². The van der Waals surface area contributed by atoms with Crippen LogP contribution < -0.4 is 4.90 Å². The van der Waals surface area contributed by atoms with Crippen LogP contribution in [0.5, 0.6) is 0 Å². The number of benzene rings is 1. The van der Waals surface area contributed by atoms with E-state index < -0.39 is 18.6 Å². The quantitative estimate of drug-likeness (QED) is 0.821. The zero-order valence-electron chi connectivity index (χ0n) is 13.8. The lowest BCUT2D eigenvalue weighted by molar-refractivity contribution is -0.162. The number of alkyl halides is 3.